The van der Waals surface area contributed by atoms with Crippen molar-refractivity contribution in [3.05, 3.63) is 57.5 Å². The largest absolute Gasteiger partial charge is 0.380 e. The topological polar surface area (TPSA) is 52.0 Å². The first-order valence-electron chi connectivity index (χ1n) is 6.34. The average molecular weight is 364 g/mol. The van der Waals surface area contributed by atoms with Crippen LogP contribution in [0.3, 0.4) is 0 Å². The molecule has 0 spiro atoms. The Morgan fingerprint density at radius 1 is 1.14 bits per heavy atom. The molecule has 0 aliphatic rings. The van der Waals surface area contributed by atoms with Crippen LogP contribution in [-0.2, 0) is 0 Å². The second-order valence-electron chi connectivity index (χ2n) is 4.72. The smallest absolute Gasteiger partial charge is 0.178 e. The second-order valence-corrected chi connectivity index (χ2v) is 5.94. The van der Waals surface area contributed by atoms with Gasteiger partial charge in [0.05, 0.1) is 5.56 Å². The number of hydrogen-bond acceptors (Lipinski definition) is 3. The van der Waals surface area contributed by atoms with Gasteiger partial charge in [0.1, 0.15) is 0 Å². The molecule has 0 aliphatic heterocycles. The SMILES string of the molecule is Cc1cccc(-c2onc(N)c2-c2ccc(Cl)cc2)c1Br. The number of hydrogen-bond donors (Lipinski definition) is 1. The van der Waals surface area contributed by atoms with Crippen LogP contribution >= 0.6 is 27.5 Å². The van der Waals surface area contributed by atoms with Crippen molar-refractivity contribution < 1.29 is 4.52 Å². The number of aryl methyl sites for hydroxylation is 1. The first-order chi connectivity index (χ1) is 10.1. The minimum Gasteiger partial charge on any atom is -0.380 e. The van der Waals surface area contributed by atoms with E-state index in [0.29, 0.717) is 16.6 Å². The fourth-order valence-corrected chi connectivity index (χ4v) is 2.77. The van der Waals surface area contributed by atoms with Crippen molar-refractivity contribution >= 4 is 33.3 Å². The maximum Gasteiger partial charge on any atom is 0.178 e. The van der Waals surface area contributed by atoms with Crippen molar-refractivity contribution in [2.45, 2.75) is 6.92 Å². The molecule has 0 amide bonds. The van der Waals surface area contributed by atoms with Gasteiger partial charge < -0.3 is 10.3 Å². The average Bonchev–Trinajstić information content (AvgIpc) is 2.85. The molecule has 0 bridgehead atoms. The van der Waals surface area contributed by atoms with E-state index in [1.807, 2.05) is 49.4 Å². The summed E-state index contributed by atoms with van der Waals surface area (Å²) in [5, 5.41) is 4.58. The van der Waals surface area contributed by atoms with Crippen LogP contribution in [0.4, 0.5) is 5.82 Å². The van der Waals surface area contributed by atoms with E-state index in [1.165, 1.54) is 0 Å². The van der Waals surface area contributed by atoms with Gasteiger partial charge in [-0.15, -0.1) is 0 Å². The molecule has 0 atom stereocenters. The zero-order valence-corrected chi connectivity index (χ0v) is 13.6. The van der Waals surface area contributed by atoms with E-state index in [4.69, 9.17) is 21.9 Å². The third-order valence-electron chi connectivity index (χ3n) is 3.29. The predicted molar refractivity (Wildman–Crippen MR) is 89.2 cm³/mol. The molecule has 21 heavy (non-hydrogen) atoms. The lowest BCUT2D eigenvalue weighted by Gasteiger charge is -2.07. The van der Waals surface area contributed by atoms with Crippen molar-refractivity contribution in [2.24, 2.45) is 0 Å². The number of nitrogen functional groups attached to an aromatic ring is 1. The summed E-state index contributed by atoms with van der Waals surface area (Å²) in [7, 11) is 0. The number of anilines is 1. The normalized spacial score (nSPS) is 10.8. The molecule has 0 saturated carbocycles. The predicted octanol–water partition coefficient (Wildman–Crippen LogP) is 5.32. The van der Waals surface area contributed by atoms with Gasteiger partial charge in [-0.3, -0.25) is 0 Å². The lowest BCUT2D eigenvalue weighted by molar-refractivity contribution is 0.436. The summed E-state index contributed by atoms with van der Waals surface area (Å²) in [6.07, 6.45) is 0. The Hall–Kier alpha value is -1.78. The van der Waals surface area contributed by atoms with Crippen molar-refractivity contribution in [3.8, 4) is 22.5 Å². The quantitative estimate of drug-likeness (QED) is 0.671. The first kappa shape index (κ1) is 14.2. The Balaban J connectivity index is 2.22. The van der Waals surface area contributed by atoms with Gasteiger partial charge in [-0.05, 0) is 52.2 Å². The molecule has 1 heterocycles. The lowest BCUT2D eigenvalue weighted by atomic mass is 10.0. The minimum absolute atomic E-state index is 0.362. The van der Waals surface area contributed by atoms with Crippen molar-refractivity contribution in [2.75, 3.05) is 5.73 Å². The van der Waals surface area contributed by atoms with Crippen LogP contribution in [0.25, 0.3) is 22.5 Å². The number of nitrogens with zero attached hydrogens (tertiary/aromatic N) is 1. The van der Waals surface area contributed by atoms with Crippen molar-refractivity contribution in [3.63, 3.8) is 0 Å². The van der Waals surface area contributed by atoms with Crippen LogP contribution in [0.2, 0.25) is 5.02 Å². The molecule has 2 aromatic carbocycles. The van der Waals surface area contributed by atoms with Gasteiger partial charge in [-0.25, -0.2) is 0 Å². The van der Waals surface area contributed by atoms with Gasteiger partial charge in [-0.2, -0.15) is 0 Å². The molecule has 0 fully saturated rings. The molecule has 0 unspecified atom stereocenters. The van der Waals surface area contributed by atoms with Gasteiger partial charge in [0.15, 0.2) is 11.6 Å². The number of halogens is 2. The van der Waals surface area contributed by atoms with Gasteiger partial charge in [0.25, 0.3) is 0 Å². The number of aromatic nitrogens is 1. The van der Waals surface area contributed by atoms with Crippen LogP contribution in [0.5, 0.6) is 0 Å². The van der Waals surface area contributed by atoms with E-state index < -0.39 is 0 Å². The maximum atomic E-state index is 5.98. The molecule has 0 radical (unpaired) electrons. The standard InChI is InChI=1S/C16H12BrClN2O/c1-9-3-2-4-12(14(9)17)15-13(16(19)20-21-15)10-5-7-11(18)8-6-10/h2-8H,1H3,(H2,19,20). The summed E-state index contributed by atoms with van der Waals surface area (Å²) >= 11 is 9.53. The Morgan fingerprint density at radius 3 is 2.57 bits per heavy atom. The molecular formula is C16H12BrClN2O. The highest BCUT2D eigenvalue weighted by atomic mass is 79.9. The lowest BCUT2D eigenvalue weighted by Crippen LogP contribution is -1.89. The van der Waals surface area contributed by atoms with Crippen LogP contribution in [0, 0.1) is 6.92 Å². The molecule has 5 heteroatoms. The Morgan fingerprint density at radius 2 is 1.86 bits per heavy atom. The molecular weight excluding hydrogens is 352 g/mol. The number of rotatable bonds is 2. The van der Waals surface area contributed by atoms with E-state index in [1.54, 1.807) is 0 Å². The van der Waals surface area contributed by atoms with Gasteiger partial charge in [-0.1, -0.05) is 41.0 Å². The summed E-state index contributed by atoms with van der Waals surface area (Å²) in [5.74, 6) is 1.01. The van der Waals surface area contributed by atoms with Crippen LogP contribution in [-0.4, -0.2) is 5.16 Å². The highest BCUT2D eigenvalue weighted by Gasteiger charge is 2.20. The van der Waals surface area contributed by atoms with Crippen molar-refractivity contribution in [1.82, 2.24) is 5.16 Å². The van der Waals surface area contributed by atoms with Crippen molar-refractivity contribution in [1.29, 1.82) is 0 Å². The summed E-state index contributed by atoms with van der Waals surface area (Å²) in [6, 6.07) is 13.4. The first-order valence-corrected chi connectivity index (χ1v) is 7.51. The van der Waals surface area contributed by atoms with Gasteiger partial charge >= 0.3 is 0 Å². The molecule has 1 aromatic heterocycles. The fraction of sp³-hybridized carbons (Fsp3) is 0.0625. The van der Waals surface area contributed by atoms with Crippen LogP contribution in [0.1, 0.15) is 5.56 Å². The maximum absolute atomic E-state index is 5.98. The van der Waals surface area contributed by atoms with Crippen LogP contribution in [0.15, 0.2) is 51.5 Å². The fourth-order valence-electron chi connectivity index (χ4n) is 2.20. The number of nitrogens with two attached hydrogens (primary N) is 1. The van der Waals surface area contributed by atoms with E-state index in [9.17, 15) is 0 Å². The van der Waals surface area contributed by atoms with E-state index in [-0.39, 0.29) is 0 Å². The molecule has 2 N–H and O–H groups in total. The van der Waals surface area contributed by atoms with Crippen LogP contribution < -0.4 is 5.73 Å². The molecule has 3 nitrogen and oxygen atoms in total. The third-order valence-corrected chi connectivity index (χ3v) is 4.59. The summed E-state index contributed by atoms with van der Waals surface area (Å²) in [5.41, 5.74) is 9.71. The Kier molecular flexibility index (Phi) is 3.74. The highest BCUT2D eigenvalue weighted by molar-refractivity contribution is 9.10. The third kappa shape index (κ3) is 2.57. The molecule has 0 aliphatic carbocycles. The summed E-state index contributed by atoms with van der Waals surface area (Å²) in [4.78, 5) is 0. The molecule has 3 aromatic rings. The van der Waals surface area contributed by atoms with E-state index in [0.717, 1.165) is 26.7 Å². The van der Waals surface area contributed by atoms with Gasteiger partial charge in [0, 0.05) is 15.1 Å². The summed E-state index contributed by atoms with van der Waals surface area (Å²) in [6.45, 7) is 2.02. The molecule has 3 rings (SSSR count). The van der Waals surface area contributed by atoms with Gasteiger partial charge in [0.2, 0.25) is 0 Å². The molecule has 106 valence electrons. The number of benzene rings is 2. The minimum atomic E-state index is 0.362. The second kappa shape index (κ2) is 5.54. The van der Waals surface area contributed by atoms with E-state index in [2.05, 4.69) is 21.1 Å². The Labute approximate surface area is 135 Å². The Bertz CT molecular complexity index is 797. The molecule has 0 saturated heterocycles. The monoisotopic (exact) mass is 362 g/mol. The summed E-state index contributed by atoms with van der Waals surface area (Å²) < 4.78 is 6.43. The highest BCUT2D eigenvalue weighted by Crippen LogP contribution is 2.40. The zero-order chi connectivity index (χ0) is 15.0. The van der Waals surface area contributed by atoms with E-state index >= 15 is 0 Å². The zero-order valence-electron chi connectivity index (χ0n) is 11.2.